The molecule has 170 valence electrons. The van der Waals surface area contributed by atoms with Gasteiger partial charge in [0.2, 0.25) is 5.91 Å². The second kappa shape index (κ2) is 10.8. The topological polar surface area (TPSA) is 74.8 Å². The molecule has 0 N–H and O–H groups in total. The quantitative estimate of drug-likeness (QED) is 0.373. The average molecular weight is 484 g/mol. The third-order valence-electron chi connectivity index (χ3n) is 5.68. The first kappa shape index (κ1) is 23.3. The smallest absolute Gasteiger partial charge is 0.237 e. The monoisotopic (exact) mass is 483 g/mol. The van der Waals surface area contributed by atoms with E-state index in [0.29, 0.717) is 21.7 Å². The van der Waals surface area contributed by atoms with Crippen molar-refractivity contribution in [1.29, 1.82) is 5.26 Å². The lowest BCUT2D eigenvalue weighted by Crippen LogP contribution is -2.33. The Labute approximate surface area is 201 Å². The molecule has 1 aliphatic rings. The number of halogens is 2. The summed E-state index contributed by atoms with van der Waals surface area (Å²) in [5.74, 6) is 0.276. The fourth-order valence-electron chi connectivity index (χ4n) is 4.08. The van der Waals surface area contributed by atoms with Crippen LogP contribution in [-0.2, 0) is 4.79 Å². The highest BCUT2D eigenvalue weighted by atomic mass is 35.5. The molecule has 4 rings (SSSR count). The van der Waals surface area contributed by atoms with Crippen LogP contribution in [0.2, 0.25) is 5.02 Å². The molecule has 1 amide bonds. The van der Waals surface area contributed by atoms with Crippen molar-refractivity contribution in [3.05, 3.63) is 59.4 Å². The van der Waals surface area contributed by atoms with Gasteiger partial charge in [0, 0.05) is 23.8 Å². The Morgan fingerprint density at radius 2 is 1.91 bits per heavy atom. The van der Waals surface area contributed by atoms with Gasteiger partial charge in [0.25, 0.3) is 0 Å². The number of nitrogens with zero attached hydrogens (tertiary/aromatic N) is 5. The van der Waals surface area contributed by atoms with E-state index in [9.17, 15) is 9.18 Å². The Morgan fingerprint density at radius 3 is 2.61 bits per heavy atom. The third kappa shape index (κ3) is 5.37. The van der Waals surface area contributed by atoms with E-state index < -0.39 is 0 Å². The fraction of sp³-hybridized carbons (Fsp3) is 0.333. The van der Waals surface area contributed by atoms with Crippen LogP contribution in [0.25, 0.3) is 11.4 Å². The Balaban J connectivity index is 1.58. The summed E-state index contributed by atoms with van der Waals surface area (Å²) in [5, 5.41) is 19.1. The van der Waals surface area contributed by atoms with Crippen molar-refractivity contribution in [2.75, 3.05) is 17.2 Å². The number of hydrogen-bond acceptors (Lipinski definition) is 5. The highest BCUT2D eigenvalue weighted by Gasteiger charge is 2.27. The zero-order valence-corrected chi connectivity index (χ0v) is 19.5. The van der Waals surface area contributed by atoms with Crippen LogP contribution in [0.5, 0.6) is 0 Å². The minimum absolute atomic E-state index is 0.121. The van der Waals surface area contributed by atoms with Gasteiger partial charge in [-0.2, -0.15) is 5.26 Å². The number of carbonyl (C=O) groups is 1. The van der Waals surface area contributed by atoms with E-state index in [2.05, 4.69) is 20.8 Å². The van der Waals surface area contributed by atoms with Crippen LogP contribution in [0.15, 0.2) is 53.7 Å². The number of benzene rings is 2. The van der Waals surface area contributed by atoms with E-state index >= 15 is 0 Å². The summed E-state index contributed by atoms with van der Waals surface area (Å²) in [6, 6.07) is 15.6. The Kier molecular flexibility index (Phi) is 7.63. The van der Waals surface area contributed by atoms with Crippen LogP contribution in [0.3, 0.4) is 0 Å². The molecular weight excluding hydrogens is 461 g/mol. The van der Waals surface area contributed by atoms with Gasteiger partial charge in [-0.05, 0) is 49.2 Å². The van der Waals surface area contributed by atoms with Crippen molar-refractivity contribution in [1.82, 2.24) is 14.8 Å². The van der Waals surface area contributed by atoms with E-state index in [-0.39, 0.29) is 36.5 Å². The van der Waals surface area contributed by atoms with E-state index in [1.165, 1.54) is 28.8 Å². The maximum Gasteiger partial charge on any atom is 0.237 e. The van der Waals surface area contributed by atoms with Crippen molar-refractivity contribution in [3.8, 4) is 17.5 Å². The lowest BCUT2D eigenvalue weighted by molar-refractivity contribution is -0.116. The molecule has 0 atom stereocenters. The summed E-state index contributed by atoms with van der Waals surface area (Å²) < 4.78 is 15.5. The van der Waals surface area contributed by atoms with Gasteiger partial charge < -0.3 is 4.90 Å². The molecular formula is C24H23ClFN5OS. The number of carbonyl (C=O) groups excluding carboxylic acids is 1. The largest absolute Gasteiger partial charge is 0.311 e. The molecule has 0 saturated heterocycles. The van der Waals surface area contributed by atoms with Gasteiger partial charge in [0.15, 0.2) is 11.0 Å². The van der Waals surface area contributed by atoms with Crippen LogP contribution in [0, 0.1) is 17.1 Å². The second-order valence-corrected chi connectivity index (χ2v) is 9.16. The molecule has 1 saturated carbocycles. The van der Waals surface area contributed by atoms with Crippen LogP contribution < -0.4 is 4.90 Å². The van der Waals surface area contributed by atoms with Gasteiger partial charge in [-0.3, -0.25) is 9.36 Å². The first-order valence-corrected chi connectivity index (χ1v) is 12.2. The van der Waals surface area contributed by atoms with Crippen LogP contribution in [0.4, 0.5) is 10.1 Å². The minimum Gasteiger partial charge on any atom is -0.311 e. The van der Waals surface area contributed by atoms with Crippen LogP contribution in [-0.4, -0.2) is 33.0 Å². The van der Waals surface area contributed by atoms with Gasteiger partial charge in [0.05, 0.1) is 23.3 Å². The molecule has 6 nitrogen and oxygen atoms in total. The number of aromatic nitrogens is 3. The second-order valence-electron chi connectivity index (χ2n) is 7.81. The lowest BCUT2D eigenvalue weighted by Gasteiger charge is -2.22. The average Bonchev–Trinajstić information content (AvgIpc) is 3.49. The SMILES string of the molecule is N#CCCN(C(=O)CSc1nnc(-c2ccccc2Cl)n1C1CCCC1)c1ccc(F)cc1. The Morgan fingerprint density at radius 1 is 1.18 bits per heavy atom. The first-order chi connectivity index (χ1) is 16.1. The highest BCUT2D eigenvalue weighted by Crippen LogP contribution is 2.38. The van der Waals surface area contributed by atoms with Crippen LogP contribution >= 0.6 is 23.4 Å². The van der Waals surface area contributed by atoms with E-state index in [4.69, 9.17) is 16.9 Å². The molecule has 1 fully saturated rings. The summed E-state index contributed by atoms with van der Waals surface area (Å²) in [6.07, 6.45) is 4.52. The lowest BCUT2D eigenvalue weighted by atomic mass is 10.2. The molecule has 33 heavy (non-hydrogen) atoms. The van der Waals surface area contributed by atoms with Crippen molar-refractivity contribution < 1.29 is 9.18 Å². The van der Waals surface area contributed by atoms with Gasteiger partial charge in [-0.1, -0.05) is 48.3 Å². The van der Waals surface area contributed by atoms with Gasteiger partial charge in [-0.15, -0.1) is 10.2 Å². The van der Waals surface area contributed by atoms with Crippen molar-refractivity contribution >= 4 is 35.0 Å². The van der Waals surface area contributed by atoms with E-state index in [0.717, 1.165) is 31.2 Å². The molecule has 1 aromatic heterocycles. The highest BCUT2D eigenvalue weighted by molar-refractivity contribution is 7.99. The van der Waals surface area contributed by atoms with Gasteiger partial charge in [0.1, 0.15) is 5.82 Å². The third-order valence-corrected chi connectivity index (χ3v) is 6.94. The summed E-state index contributed by atoms with van der Waals surface area (Å²) in [4.78, 5) is 14.6. The van der Waals surface area contributed by atoms with Gasteiger partial charge in [-0.25, -0.2) is 4.39 Å². The number of nitriles is 1. The number of thioether (sulfide) groups is 1. The number of amides is 1. The predicted molar refractivity (Wildman–Crippen MR) is 128 cm³/mol. The zero-order chi connectivity index (χ0) is 23.2. The van der Waals surface area contributed by atoms with Crippen molar-refractivity contribution in [2.24, 2.45) is 0 Å². The maximum absolute atomic E-state index is 13.3. The molecule has 0 aliphatic heterocycles. The molecule has 3 aromatic rings. The Bertz CT molecular complexity index is 1150. The summed E-state index contributed by atoms with van der Waals surface area (Å²) in [6.45, 7) is 0.238. The number of hydrogen-bond donors (Lipinski definition) is 0. The standard InChI is InChI=1S/C24H23ClFN5OS/c25-21-9-4-3-8-20(21)23-28-29-24(31(23)19-6-1-2-7-19)33-16-22(32)30(15-5-14-27)18-12-10-17(26)11-13-18/h3-4,8-13,19H,1-2,5-7,15-16H2. The van der Waals surface area contributed by atoms with Crippen LogP contribution in [0.1, 0.15) is 38.1 Å². The normalized spacial score (nSPS) is 13.7. The predicted octanol–water partition coefficient (Wildman–Crippen LogP) is 5.89. The van der Waals surface area contributed by atoms with Gasteiger partial charge >= 0.3 is 0 Å². The molecule has 0 radical (unpaired) electrons. The van der Waals surface area contributed by atoms with Crippen molar-refractivity contribution in [3.63, 3.8) is 0 Å². The molecule has 9 heteroatoms. The summed E-state index contributed by atoms with van der Waals surface area (Å²) in [5.41, 5.74) is 1.38. The molecule has 0 spiro atoms. The van der Waals surface area contributed by atoms with E-state index in [1.807, 2.05) is 24.3 Å². The minimum atomic E-state index is -0.377. The molecule has 1 aliphatic carbocycles. The van der Waals surface area contributed by atoms with E-state index in [1.54, 1.807) is 12.1 Å². The molecule has 0 unspecified atom stereocenters. The number of anilines is 1. The molecule has 1 heterocycles. The molecule has 2 aromatic carbocycles. The first-order valence-electron chi connectivity index (χ1n) is 10.8. The Hall–Kier alpha value is -2.89. The maximum atomic E-state index is 13.3. The number of rotatable bonds is 8. The zero-order valence-electron chi connectivity index (χ0n) is 18.0. The van der Waals surface area contributed by atoms with Crippen molar-refractivity contribution in [2.45, 2.75) is 43.3 Å². The molecule has 0 bridgehead atoms. The summed E-state index contributed by atoms with van der Waals surface area (Å²) in [7, 11) is 0. The fourth-order valence-corrected chi connectivity index (χ4v) is 5.18. The summed E-state index contributed by atoms with van der Waals surface area (Å²) >= 11 is 7.76.